The number of methoxy groups -OCH3 is 1. The minimum Gasteiger partial charge on any atom is -0.496 e. The van der Waals surface area contributed by atoms with Crippen LogP contribution in [0.2, 0.25) is 5.02 Å². The molecule has 0 bridgehead atoms. The van der Waals surface area contributed by atoms with Gasteiger partial charge in [0.25, 0.3) is 0 Å². The van der Waals surface area contributed by atoms with E-state index in [0.717, 1.165) is 5.56 Å². The quantitative estimate of drug-likeness (QED) is 0.804. The van der Waals surface area contributed by atoms with Gasteiger partial charge in [0.2, 0.25) is 0 Å². The van der Waals surface area contributed by atoms with E-state index in [0.29, 0.717) is 17.3 Å². The first-order chi connectivity index (χ1) is 7.15. The molecule has 4 nitrogen and oxygen atoms in total. The lowest BCUT2D eigenvalue weighted by molar-refractivity contribution is -0.135. The Morgan fingerprint density at radius 2 is 2.33 bits per heavy atom. The smallest absolute Gasteiger partial charge is 0.317 e. The van der Waals surface area contributed by atoms with Crippen molar-refractivity contribution < 1.29 is 14.6 Å². The molecule has 15 heavy (non-hydrogen) atoms. The van der Waals surface area contributed by atoms with E-state index in [1.165, 1.54) is 0 Å². The van der Waals surface area contributed by atoms with Crippen molar-refractivity contribution in [3.63, 3.8) is 0 Å². The van der Waals surface area contributed by atoms with Crippen LogP contribution >= 0.6 is 11.6 Å². The van der Waals surface area contributed by atoms with Gasteiger partial charge in [0, 0.05) is 17.1 Å². The highest BCUT2D eigenvalue weighted by Gasteiger charge is 2.07. The molecule has 2 N–H and O–H groups in total. The highest BCUT2D eigenvalue weighted by molar-refractivity contribution is 6.31. The van der Waals surface area contributed by atoms with Crippen LogP contribution in [0.1, 0.15) is 5.56 Å². The van der Waals surface area contributed by atoms with Crippen LogP contribution in [0.4, 0.5) is 0 Å². The van der Waals surface area contributed by atoms with Crippen molar-refractivity contribution >= 4 is 17.6 Å². The maximum Gasteiger partial charge on any atom is 0.317 e. The Labute approximate surface area is 92.8 Å². The molecule has 1 aromatic carbocycles. The summed E-state index contributed by atoms with van der Waals surface area (Å²) in [6.07, 6.45) is 0. The fraction of sp³-hybridized carbons (Fsp3) is 0.300. The van der Waals surface area contributed by atoms with E-state index in [4.69, 9.17) is 21.4 Å². The monoisotopic (exact) mass is 229 g/mol. The highest BCUT2D eigenvalue weighted by Crippen LogP contribution is 2.25. The van der Waals surface area contributed by atoms with Gasteiger partial charge in [0.1, 0.15) is 5.75 Å². The van der Waals surface area contributed by atoms with Crippen molar-refractivity contribution in [2.75, 3.05) is 13.7 Å². The average Bonchev–Trinajstić information content (AvgIpc) is 2.20. The molecular formula is C10H12ClNO3. The molecule has 1 aromatic rings. The Morgan fingerprint density at radius 3 is 2.93 bits per heavy atom. The first kappa shape index (κ1) is 11.8. The Kier molecular flexibility index (Phi) is 4.39. The number of carbonyl (C=O) groups is 1. The van der Waals surface area contributed by atoms with Crippen LogP contribution in [0.15, 0.2) is 18.2 Å². The van der Waals surface area contributed by atoms with Gasteiger partial charge in [-0.1, -0.05) is 17.7 Å². The number of hydrogen-bond acceptors (Lipinski definition) is 3. The van der Waals surface area contributed by atoms with Gasteiger partial charge in [-0.25, -0.2) is 0 Å². The van der Waals surface area contributed by atoms with E-state index >= 15 is 0 Å². The van der Waals surface area contributed by atoms with E-state index in [-0.39, 0.29) is 6.54 Å². The second kappa shape index (κ2) is 5.58. The maximum absolute atomic E-state index is 10.3. The predicted molar refractivity (Wildman–Crippen MR) is 57.3 cm³/mol. The number of benzene rings is 1. The number of carboxylic acid groups (broad SMARTS) is 1. The zero-order valence-corrected chi connectivity index (χ0v) is 9.04. The van der Waals surface area contributed by atoms with Gasteiger partial charge in [-0.05, 0) is 12.1 Å². The van der Waals surface area contributed by atoms with Gasteiger partial charge in [-0.3, -0.25) is 4.79 Å². The number of nitrogens with one attached hydrogen (secondary N) is 1. The molecule has 0 radical (unpaired) electrons. The van der Waals surface area contributed by atoms with Crippen molar-refractivity contribution in [3.8, 4) is 5.75 Å². The van der Waals surface area contributed by atoms with Crippen LogP contribution in [0.3, 0.4) is 0 Å². The molecule has 0 aromatic heterocycles. The van der Waals surface area contributed by atoms with Gasteiger partial charge in [-0.2, -0.15) is 0 Å². The standard InChI is InChI=1S/C10H12ClNO3/c1-15-9-4-2-3-8(11)7(9)5-12-6-10(13)14/h2-4,12H,5-6H2,1H3,(H,13,14). The molecular weight excluding hydrogens is 218 g/mol. The molecule has 0 saturated heterocycles. The van der Waals surface area contributed by atoms with Crippen LogP contribution in [-0.4, -0.2) is 24.7 Å². The van der Waals surface area contributed by atoms with E-state index in [9.17, 15) is 4.79 Å². The van der Waals surface area contributed by atoms with Crippen LogP contribution in [0.25, 0.3) is 0 Å². The van der Waals surface area contributed by atoms with Crippen LogP contribution in [0, 0.1) is 0 Å². The van der Waals surface area contributed by atoms with Gasteiger partial charge >= 0.3 is 5.97 Å². The first-order valence-corrected chi connectivity index (χ1v) is 4.77. The second-order valence-electron chi connectivity index (χ2n) is 2.92. The van der Waals surface area contributed by atoms with Crippen LogP contribution in [-0.2, 0) is 11.3 Å². The zero-order valence-electron chi connectivity index (χ0n) is 8.29. The fourth-order valence-corrected chi connectivity index (χ4v) is 1.43. The maximum atomic E-state index is 10.3. The molecule has 0 spiro atoms. The molecule has 0 atom stereocenters. The van der Waals surface area contributed by atoms with Gasteiger partial charge < -0.3 is 15.2 Å². The van der Waals surface area contributed by atoms with Crippen LogP contribution < -0.4 is 10.1 Å². The molecule has 0 fully saturated rings. The van der Waals surface area contributed by atoms with E-state index < -0.39 is 5.97 Å². The summed E-state index contributed by atoms with van der Waals surface area (Å²) in [6.45, 7) is 0.267. The first-order valence-electron chi connectivity index (χ1n) is 4.39. The van der Waals surface area contributed by atoms with Crippen molar-refractivity contribution in [1.82, 2.24) is 5.32 Å². The molecule has 0 amide bonds. The van der Waals surface area contributed by atoms with E-state index in [1.807, 2.05) is 0 Å². The average molecular weight is 230 g/mol. The Morgan fingerprint density at radius 1 is 1.60 bits per heavy atom. The van der Waals surface area contributed by atoms with Gasteiger partial charge in [0.15, 0.2) is 0 Å². The molecule has 0 heterocycles. The molecule has 0 saturated carbocycles. The third-order valence-electron chi connectivity index (χ3n) is 1.87. The van der Waals surface area contributed by atoms with E-state index in [2.05, 4.69) is 5.32 Å². The summed E-state index contributed by atoms with van der Waals surface area (Å²) in [7, 11) is 1.55. The lowest BCUT2D eigenvalue weighted by Crippen LogP contribution is -2.22. The minimum atomic E-state index is -0.902. The number of carboxylic acids is 1. The summed E-state index contributed by atoms with van der Waals surface area (Å²) in [4.78, 5) is 10.3. The van der Waals surface area contributed by atoms with Gasteiger partial charge in [-0.15, -0.1) is 0 Å². The van der Waals surface area contributed by atoms with Crippen LogP contribution in [0.5, 0.6) is 5.75 Å². The molecule has 0 aliphatic carbocycles. The zero-order chi connectivity index (χ0) is 11.3. The van der Waals surface area contributed by atoms with Crippen molar-refractivity contribution in [1.29, 1.82) is 0 Å². The summed E-state index contributed by atoms with van der Waals surface area (Å²) < 4.78 is 5.11. The van der Waals surface area contributed by atoms with Crippen molar-refractivity contribution in [2.24, 2.45) is 0 Å². The molecule has 82 valence electrons. The fourth-order valence-electron chi connectivity index (χ4n) is 1.20. The normalized spacial score (nSPS) is 10.0. The molecule has 1 rings (SSSR count). The molecule has 5 heteroatoms. The number of aliphatic carboxylic acids is 1. The largest absolute Gasteiger partial charge is 0.496 e. The summed E-state index contributed by atoms with van der Waals surface area (Å²) in [5.41, 5.74) is 0.767. The van der Waals surface area contributed by atoms with Gasteiger partial charge in [0.05, 0.1) is 13.7 Å². The number of rotatable bonds is 5. The summed E-state index contributed by atoms with van der Waals surface area (Å²) >= 11 is 5.96. The van der Waals surface area contributed by atoms with Crippen molar-refractivity contribution in [2.45, 2.75) is 6.54 Å². The Hall–Kier alpha value is -1.26. The molecule has 0 aliphatic heterocycles. The third-order valence-corrected chi connectivity index (χ3v) is 2.23. The summed E-state index contributed by atoms with van der Waals surface area (Å²) in [6, 6.07) is 5.30. The summed E-state index contributed by atoms with van der Waals surface area (Å²) in [5.74, 6) is -0.249. The number of hydrogen-bond donors (Lipinski definition) is 2. The minimum absolute atomic E-state index is 0.103. The SMILES string of the molecule is COc1cccc(Cl)c1CNCC(=O)O. The predicted octanol–water partition coefficient (Wildman–Crippen LogP) is 1.52. The molecule has 0 aliphatic rings. The van der Waals surface area contributed by atoms with E-state index in [1.54, 1.807) is 25.3 Å². The lowest BCUT2D eigenvalue weighted by Gasteiger charge is -2.10. The Balaban J connectivity index is 2.70. The summed E-state index contributed by atoms with van der Waals surface area (Å²) in [5, 5.41) is 11.8. The third kappa shape index (κ3) is 3.42. The van der Waals surface area contributed by atoms with Crippen molar-refractivity contribution in [3.05, 3.63) is 28.8 Å². The lowest BCUT2D eigenvalue weighted by atomic mass is 10.2. The second-order valence-corrected chi connectivity index (χ2v) is 3.33. The number of halogens is 1. The topological polar surface area (TPSA) is 58.6 Å². The molecule has 0 unspecified atom stereocenters. The number of ether oxygens (including phenoxy) is 1. The highest BCUT2D eigenvalue weighted by atomic mass is 35.5. The Bertz CT molecular complexity index is 355.